The number of benzene rings is 2. The summed E-state index contributed by atoms with van der Waals surface area (Å²) < 4.78 is 9.91. The predicted octanol–water partition coefficient (Wildman–Crippen LogP) is 1.87. The van der Waals surface area contributed by atoms with E-state index < -0.39 is 18.5 Å². The van der Waals surface area contributed by atoms with Gasteiger partial charge in [-0.1, -0.05) is 24.3 Å². The molecule has 0 aromatic heterocycles. The van der Waals surface area contributed by atoms with Gasteiger partial charge in [0.15, 0.2) is 6.61 Å². The number of rotatable bonds is 6. The average molecular weight is 315 g/mol. The first-order chi connectivity index (χ1) is 11.1. The first-order valence-electron chi connectivity index (χ1n) is 6.95. The molecule has 2 N–H and O–H groups in total. The summed E-state index contributed by atoms with van der Waals surface area (Å²) in [5.74, 6) is -0.625. The number of phenols is 1. The topological polar surface area (TPSA) is 84.9 Å². The summed E-state index contributed by atoms with van der Waals surface area (Å²) in [5.41, 5.74) is 0.918. The minimum absolute atomic E-state index is 0.0236. The lowest BCUT2D eigenvalue weighted by Crippen LogP contribution is -2.28. The van der Waals surface area contributed by atoms with Gasteiger partial charge < -0.3 is 19.9 Å². The molecule has 120 valence electrons. The van der Waals surface area contributed by atoms with Crippen LogP contribution in [0.2, 0.25) is 0 Å². The standard InChI is InChI=1S/C17H17NO5/c1-22-13-8-6-12(7-9-13)10-18-16(20)11-23-17(21)14-4-2-3-5-15(14)19/h2-9,19H,10-11H2,1H3,(H,18,20). The van der Waals surface area contributed by atoms with E-state index in [9.17, 15) is 14.7 Å². The van der Waals surface area contributed by atoms with Gasteiger partial charge >= 0.3 is 5.97 Å². The van der Waals surface area contributed by atoms with Gasteiger partial charge in [0.1, 0.15) is 17.1 Å². The molecule has 2 aromatic carbocycles. The fourth-order valence-electron chi connectivity index (χ4n) is 1.85. The smallest absolute Gasteiger partial charge is 0.342 e. The molecule has 0 unspecified atom stereocenters. The molecule has 0 aliphatic rings. The number of carbonyl (C=O) groups is 2. The summed E-state index contributed by atoms with van der Waals surface area (Å²) in [6.07, 6.45) is 0. The third-order valence-corrected chi connectivity index (χ3v) is 3.11. The normalized spacial score (nSPS) is 9.96. The highest BCUT2D eigenvalue weighted by atomic mass is 16.5. The lowest BCUT2D eigenvalue weighted by molar-refractivity contribution is -0.124. The molecule has 1 amide bonds. The molecular formula is C17H17NO5. The number of nitrogens with one attached hydrogen (secondary N) is 1. The number of phenolic OH excluding ortho intramolecular Hbond substituents is 1. The SMILES string of the molecule is COc1ccc(CNC(=O)COC(=O)c2ccccc2O)cc1. The Morgan fingerprint density at radius 3 is 2.43 bits per heavy atom. The molecule has 23 heavy (non-hydrogen) atoms. The van der Waals surface area contributed by atoms with Crippen molar-refractivity contribution in [2.24, 2.45) is 0 Å². The van der Waals surface area contributed by atoms with Crippen molar-refractivity contribution >= 4 is 11.9 Å². The number of hydrogen-bond acceptors (Lipinski definition) is 5. The van der Waals surface area contributed by atoms with Crippen LogP contribution in [0.15, 0.2) is 48.5 Å². The summed E-state index contributed by atoms with van der Waals surface area (Å²) in [5, 5.41) is 12.2. The molecule has 0 atom stereocenters. The zero-order valence-electron chi connectivity index (χ0n) is 12.6. The maximum atomic E-state index is 11.7. The molecular weight excluding hydrogens is 298 g/mol. The molecule has 0 fully saturated rings. The van der Waals surface area contributed by atoms with Crippen LogP contribution in [-0.4, -0.2) is 30.7 Å². The Morgan fingerprint density at radius 2 is 1.78 bits per heavy atom. The number of ether oxygens (including phenoxy) is 2. The zero-order chi connectivity index (χ0) is 16.7. The zero-order valence-corrected chi connectivity index (χ0v) is 12.6. The lowest BCUT2D eigenvalue weighted by Gasteiger charge is -2.08. The molecule has 0 aliphatic heterocycles. The van der Waals surface area contributed by atoms with Crippen LogP contribution in [0.25, 0.3) is 0 Å². The predicted molar refractivity (Wildman–Crippen MR) is 83.2 cm³/mol. The Kier molecular flexibility index (Phi) is 5.57. The van der Waals surface area contributed by atoms with Crippen LogP contribution in [0.1, 0.15) is 15.9 Å². The van der Waals surface area contributed by atoms with Gasteiger partial charge in [-0.05, 0) is 29.8 Å². The molecule has 0 aliphatic carbocycles. The fourth-order valence-corrected chi connectivity index (χ4v) is 1.85. The van der Waals surface area contributed by atoms with Crippen molar-refractivity contribution < 1.29 is 24.2 Å². The van der Waals surface area contributed by atoms with Crippen molar-refractivity contribution in [3.63, 3.8) is 0 Å². The lowest BCUT2D eigenvalue weighted by atomic mass is 10.2. The highest BCUT2D eigenvalue weighted by Crippen LogP contribution is 2.16. The number of carbonyl (C=O) groups excluding carboxylic acids is 2. The molecule has 0 saturated carbocycles. The molecule has 2 aromatic rings. The summed E-state index contributed by atoms with van der Waals surface area (Å²) >= 11 is 0. The molecule has 0 radical (unpaired) electrons. The van der Waals surface area contributed by atoms with Gasteiger partial charge in [-0.3, -0.25) is 4.79 Å². The number of methoxy groups -OCH3 is 1. The quantitative estimate of drug-likeness (QED) is 0.795. The number of esters is 1. The number of amides is 1. The molecule has 0 heterocycles. The first kappa shape index (κ1) is 16.4. The van der Waals surface area contributed by atoms with Gasteiger partial charge in [-0.25, -0.2) is 4.79 Å². The minimum Gasteiger partial charge on any atom is -0.507 e. The maximum Gasteiger partial charge on any atom is 0.342 e. The van der Waals surface area contributed by atoms with Crippen molar-refractivity contribution in [3.05, 3.63) is 59.7 Å². The van der Waals surface area contributed by atoms with E-state index >= 15 is 0 Å². The van der Waals surface area contributed by atoms with Crippen LogP contribution in [0.3, 0.4) is 0 Å². The van der Waals surface area contributed by atoms with Crippen molar-refractivity contribution in [1.82, 2.24) is 5.32 Å². The van der Waals surface area contributed by atoms with Crippen LogP contribution >= 0.6 is 0 Å². The van der Waals surface area contributed by atoms with E-state index in [1.807, 2.05) is 12.1 Å². The van der Waals surface area contributed by atoms with Gasteiger partial charge in [0.25, 0.3) is 5.91 Å². The van der Waals surface area contributed by atoms with Gasteiger partial charge in [0.05, 0.1) is 7.11 Å². The molecule has 0 saturated heterocycles. The van der Waals surface area contributed by atoms with Crippen LogP contribution in [-0.2, 0) is 16.1 Å². The van der Waals surface area contributed by atoms with Crippen LogP contribution < -0.4 is 10.1 Å². The Morgan fingerprint density at radius 1 is 1.09 bits per heavy atom. The molecule has 0 spiro atoms. The van der Waals surface area contributed by atoms with E-state index in [4.69, 9.17) is 9.47 Å². The van der Waals surface area contributed by atoms with E-state index in [0.717, 1.165) is 11.3 Å². The van der Waals surface area contributed by atoms with Crippen LogP contribution in [0.5, 0.6) is 11.5 Å². The third kappa shape index (κ3) is 4.74. The second-order valence-electron chi connectivity index (χ2n) is 4.72. The average Bonchev–Trinajstić information content (AvgIpc) is 2.58. The second-order valence-corrected chi connectivity index (χ2v) is 4.72. The minimum atomic E-state index is -0.748. The third-order valence-electron chi connectivity index (χ3n) is 3.11. The van der Waals surface area contributed by atoms with E-state index in [1.165, 1.54) is 12.1 Å². The Balaban J connectivity index is 1.78. The fraction of sp³-hybridized carbons (Fsp3) is 0.176. The van der Waals surface area contributed by atoms with Gasteiger partial charge in [0, 0.05) is 6.54 Å². The van der Waals surface area contributed by atoms with Crippen molar-refractivity contribution in [1.29, 1.82) is 0 Å². The molecule has 6 nitrogen and oxygen atoms in total. The van der Waals surface area contributed by atoms with Crippen molar-refractivity contribution in [2.45, 2.75) is 6.54 Å². The first-order valence-corrected chi connectivity index (χ1v) is 6.95. The van der Waals surface area contributed by atoms with E-state index in [1.54, 1.807) is 31.4 Å². The Labute approximate surface area is 133 Å². The molecule has 6 heteroatoms. The molecule has 0 bridgehead atoms. The van der Waals surface area contributed by atoms with Gasteiger partial charge in [0.2, 0.25) is 0 Å². The number of hydrogen-bond donors (Lipinski definition) is 2. The van der Waals surface area contributed by atoms with E-state index in [2.05, 4.69) is 5.32 Å². The summed E-state index contributed by atoms with van der Waals surface area (Å²) in [6, 6.07) is 13.2. The van der Waals surface area contributed by atoms with Crippen LogP contribution in [0.4, 0.5) is 0 Å². The highest BCUT2D eigenvalue weighted by molar-refractivity contribution is 5.93. The van der Waals surface area contributed by atoms with E-state index in [-0.39, 0.29) is 11.3 Å². The van der Waals surface area contributed by atoms with Gasteiger partial charge in [-0.2, -0.15) is 0 Å². The summed E-state index contributed by atoms with van der Waals surface area (Å²) in [6.45, 7) is -0.0969. The number of para-hydroxylation sites is 1. The second kappa shape index (κ2) is 7.84. The number of aromatic hydroxyl groups is 1. The maximum absolute atomic E-state index is 11.7. The largest absolute Gasteiger partial charge is 0.507 e. The van der Waals surface area contributed by atoms with Crippen molar-refractivity contribution in [3.8, 4) is 11.5 Å². The van der Waals surface area contributed by atoms with Crippen LogP contribution in [0, 0.1) is 0 Å². The van der Waals surface area contributed by atoms with Crippen molar-refractivity contribution in [2.75, 3.05) is 13.7 Å². The monoisotopic (exact) mass is 315 g/mol. The van der Waals surface area contributed by atoms with E-state index in [0.29, 0.717) is 6.54 Å². The Hall–Kier alpha value is -3.02. The summed E-state index contributed by atoms with van der Waals surface area (Å²) in [4.78, 5) is 23.4. The summed E-state index contributed by atoms with van der Waals surface area (Å²) in [7, 11) is 1.58. The van der Waals surface area contributed by atoms with Gasteiger partial charge in [-0.15, -0.1) is 0 Å². The molecule has 2 rings (SSSR count). The highest BCUT2D eigenvalue weighted by Gasteiger charge is 2.13. The Bertz CT molecular complexity index is 682.